The minimum Gasteiger partial charge on any atom is -0.392 e. The average Bonchev–Trinajstić information content (AvgIpc) is 2.25. The number of aliphatic hydroxyl groups excluding tert-OH is 1. The fraction of sp³-hybridized carbons (Fsp3) is 1.00. The van der Waals surface area contributed by atoms with Gasteiger partial charge in [-0.1, -0.05) is 12.8 Å². The lowest BCUT2D eigenvalue weighted by molar-refractivity contribution is 0.0867. The fourth-order valence-electron chi connectivity index (χ4n) is 2.84. The summed E-state index contributed by atoms with van der Waals surface area (Å²) in [6.07, 6.45) is 4.41. The van der Waals surface area contributed by atoms with E-state index in [2.05, 4.69) is 37.9 Å². The van der Waals surface area contributed by atoms with Crippen molar-refractivity contribution in [3.63, 3.8) is 0 Å². The highest BCUT2D eigenvalue weighted by Gasteiger charge is 2.22. The van der Waals surface area contributed by atoms with Gasteiger partial charge in [0.25, 0.3) is 0 Å². The van der Waals surface area contributed by atoms with Crippen molar-refractivity contribution in [3.05, 3.63) is 0 Å². The summed E-state index contributed by atoms with van der Waals surface area (Å²) in [6.45, 7) is 11.0. The van der Waals surface area contributed by atoms with E-state index in [1.54, 1.807) is 0 Å². The van der Waals surface area contributed by atoms with E-state index in [0.29, 0.717) is 18.1 Å². The Labute approximate surface area is 107 Å². The summed E-state index contributed by atoms with van der Waals surface area (Å²) >= 11 is 0. The molecule has 1 fully saturated rings. The van der Waals surface area contributed by atoms with Crippen molar-refractivity contribution in [2.45, 2.75) is 77.6 Å². The van der Waals surface area contributed by atoms with Gasteiger partial charge in [-0.2, -0.15) is 0 Å². The predicted molar refractivity (Wildman–Crippen MR) is 73.2 cm³/mol. The zero-order chi connectivity index (χ0) is 12.8. The summed E-state index contributed by atoms with van der Waals surface area (Å²) < 4.78 is 0. The molecule has 0 amide bonds. The maximum absolute atomic E-state index is 9.88. The van der Waals surface area contributed by atoms with Crippen molar-refractivity contribution < 1.29 is 5.11 Å². The van der Waals surface area contributed by atoms with Gasteiger partial charge in [0.1, 0.15) is 0 Å². The lowest BCUT2D eigenvalue weighted by atomic mass is 9.92. The molecule has 0 spiro atoms. The second-order valence-corrected chi connectivity index (χ2v) is 5.84. The van der Waals surface area contributed by atoms with Gasteiger partial charge in [-0.25, -0.2) is 0 Å². The molecule has 17 heavy (non-hydrogen) atoms. The molecule has 0 aromatic heterocycles. The molecule has 0 saturated heterocycles. The van der Waals surface area contributed by atoms with Gasteiger partial charge in [0.15, 0.2) is 0 Å². The molecule has 1 aliphatic carbocycles. The van der Waals surface area contributed by atoms with E-state index >= 15 is 0 Å². The highest BCUT2D eigenvalue weighted by atomic mass is 16.3. The van der Waals surface area contributed by atoms with Crippen LogP contribution in [0.25, 0.3) is 0 Å². The summed E-state index contributed by atoms with van der Waals surface area (Å²) in [7, 11) is 0. The molecule has 0 aromatic carbocycles. The summed E-state index contributed by atoms with van der Waals surface area (Å²) in [6, 6.07) is 1.51. The lowest BCUT2D eigenvalue weighted by Crippen LogP contribution is -2.47. The van der Waals surface area contributed by atoms with E-state index in [0.717, 1.165) is 25.9 Å². The monoisotopic (exact) mass is 242 g/mol. The number of rotatable bonds is 6. The fourth-order valence-corrected chi connectivity index (χ4v) is 2.84. The zero-order valence-corrected chi connectivity index (χ0v) is 11.9. The minimum absolute atomic E-state index is 0.129. The SMILES string of the molecule is CC(C)N(CCN[C@H]1CCCC[C@@H]1O)C(C)C. The molecule has 1 saturated carbocycles. The first-order valence-corrected chi connectivity index (χ1v) is 7.19. The van der Waals surface area contributed by atoms with Crippen molar-refractivity contribution in [3.8, 4) is 0 Å². The molecule has 3 nitrogen and oxygen atoms in total. The molecule has 0 aliphatic heterocycles. The Bertz CT molecular complexity index is 198. The number of hydrogen-bond acceptors (Lipinski definition) is 3. The largest absolute Gasteiger partial charge is 0.392 e. The van der Waals surface area contributed by atoms with Gasteiger partial charge in [-0.05, 0) is 40.5 Å². The number of nitrogens with one attached hydrogen (secondary N) is 1. The minimum atomic E-state index is -0.129. The lowest BCUT2D eigenvalue weighted by Gasteiger charge is -2.33. The Kier molecular flexibility index (Phi) is 6.45. The van der Waals surface area contributed by atoms with Gasteiger partial charge in [0, 0.05) is 31.2 Å². The van der Waals surface area contributed by atoms with E-state index in [4.69, 9.17) is 0 Å². The molecule has 102 valence electrons. The van der Waals surface area contributed by atoms with Gasteiger partial charge in [0.2, 0.25) is 0 Å². The molecule has 1 rings (SSSR count). The van der Waals surface area contributed by atoms with Crippen LogP contribution in [0.4, 0.5) is 0 Å². The van der Waals surface area contributed by atoms with Crippen LogP contribution >= 0.6 is 0 Å². The van der Waals surface area contributed by atoms with Crippen LogP contribution in [0, 0.1) is 0 Å². The van der Waals surface area contributed by atoms with Crippen molar-refractivity contribution in [2.24, 2.45) is 0 Å². The van der Waals surface area contributed by atoms with Crippen molar-refractivity contribution in [2.75, 3.05) is 13.1 Å². The Morgan fingerprint density at radius 2 is 1.71 bits per heavy atom. The molecule has 0 radical (unpaired) electrons. The van der Waals surface area contributed by atoms with E-state index in [-0.39, 0.29) is 6.10 Å². The third kappa shape index (κ3) is 4.94. The summed E-state index contributed by atoms with van der Waals surface area (Å²) in [5.41, 5.74) is 0. The van der Waals surface area contributed by atoms with E-state index < -0.39 is 0 Å². The number of nitrogens with zero attached hydrogens (tertiary/aromatic N) is 1. The normalized spacial score (nSPS) is 26.1. The smallest absolute Gasteiger partial charge is 0.0693 e. The van der Waals surface area contributed by atoms with Gasteiger partial charge >= 0.3 is 0 Å². The molecule has 0 bridgehead atoms. The highest BCUT2D eigenvalue weighted by molar-refractivity contribution is 4.81. The van der Waals surface area contributed by atoms with Crippen LogP contribution in [0.5, 0.6) is 0 Å². The van der Waals surface area contributed by atoms with Gasteiger partial charge in [-0.15, -0.1) is 0 Å². The topological polar surface area (TPSA) is 35.5 Å². The van der Waals surface area contributed by atoms with Crippen LogP contribution in [-0.2, 0) is 0 Å². The maximum Gasteiger partial charge on any atom is 0.0693 e. The first-order chi connectivity index (χ1) is 8.02. The van der Waals surface area contributed by atoms with Crippen LogP contribution in [-0.4, -0.2) is 47.3 Å². The molecule has 0 heterocycles. The Morgan fingerprint density at radius 3 is 2.24 bits per heavy atom. The van der Waals surface area contributed by atoms with Crippen molar-refractivity contribution in [1.82, 2.24) is 10.2 Å². The second kappa shape index (κ2) is 7.34. The molecule has 2 N–H and O–H groups in total. The molecule has 2 atom stereocenters. The molecule has 1 aliphatic rings. The first kappa shape index (κ1) is 14.9. The van der Waals surface area contributed by atoms with Gasteiger partial charge in [0.05, 0.1) is 6.10 Å². The predicted octanol–water partition coefficient (Wildman–Crippen LogP) is 2.00. The average molecular weight is 242 g/mol. The molecular weight excluding hydrogens is 212 g/mol. The van der Waals surface area contributed by atoms with E-state index in [9.17, 15) is 5.11 Å². The van der Waals surface area contributed by atoms with Crippen molar-refractivity contribution >= 4 is 0 Å². The van der Waals surface area contributed by atoms with Crippen LogP contribution in [0.3, 0.4) is 0 Å². The molecule has 0 unspecified atom stereocenters. The summed E-state index contributed by atoms with van der Waals surface area (Å²) in [4.78, 5) is 2.49. The Morgan fingerprint density at radius 1 is 1.12 bits per heavy atom. The quantitative estimate of drug-likeness (QED) is 0.748. The molecule has 3 heteroatoms. The van der Waals surface area contributed by atoms with E-state index in [1.165, 1.54) is 12.8 Å². The number of aliphatic hydroxyl groups is 1. The van der Waals surface area contributed by atoms with E-state index in [1.807, 2.05) is 0 Å². The Hall–Kier alpha value is -0.120. The summed E-state index contributed by atoms with van der Waals surface area (Å²) in [5, 5.41) is 13.4. The Balaban J connectivity index is 2.25. The van der Waals surface area contributed by atoms with Crippen LogP contribution in [0.1, 0.15) is 53.4 Å². The number of hydrogen-bond donors (Lipinski definition) is 2. The first-order valence-electron chi connectivity index (χ1n) is 7.19. The molecular formula is C14H30N2O. The van der Waals surface area contributed by atoms with Crippen LogP contribution < -0.4 is 5.32 Å². The maximum atomic E-state index is 9.88. The summed E-state index contributed by atoms with van der Waals surface area (Å²) in [5.74, 6) is 0. The second-order valence-electron chi connectivity index (χ2n) is 5.84. The van der Waals surface area contributed by atoms with Gasteiger partial charge < -0.3 is 10.4 Å². The third-order valence-corrected chi connectivity index (χ3v) is 3.83. The molecule has 0 aromatic rings. The highest BCUT2D eigenvalue weighted by Crippen LogP contribution is 2.18. The van der Waals surface area contributed by atoms with Crippen LogP contribution in [0.15, 0.2) is 0 Å². The standard InChI is InChI=1S/C14H30N2O/c1-11(2)16(12(3)4)10-9-15-13-7-5-6-8-14(13)17/h11-15,17H,5-10H2,1-4H3/t13-,14-/m0/s1. The van der Waals surface area contributed by atoms with Gasteiger partial charge in [-0.3, -0.25) is 4.90 Å². The third-order valence-electron chi connectivity index (χ3n) is 3.83. The van der Waals surface area contributed by atoms with Crippen molar-refractivity contribution in [1.29, 1.82) is 0 Å². The zero-order valence-electron chi connectivity index (χ0n) is 11.9. The van der Waals surface area contributed by atoms with Crippen LogP contribution in [0.2, 0.25) is 0 Å².